The summed E-state index contributed by atoms with van der Waals surface area (Å²) in [5.74, 6) is -0.930. The number of carbonyl (C=O) groups excluding carboxylic acids is 1. The molecule has 0 saturated carbocycles. The average Bonchev–Trinajstić information content (AvgIpc) is 2.72. The Kier molecular flexibility index (Phi) is 6.54. The van der Waals surface area contributed by atoms with E-state index in [9.17, 15) is 33.4 Å². The molecule has 14 heteroatoms. The molecule has 0 spiro atoms. The van der Waals surface area contributed by atoms with Gasteiger partial charge in [-0.3, -0.25) is 25.0 Å². The van der Waals surface area contributed by atoms with Gasteiger partial charge in [-0.15, -0.1) is 0 Å². The van der Waals surface area contributed by atoms with E-state index in [4.69, 9.17) is 0 Å². The van der Waals surface area contributed by atoms with Crippen molar-refractivity contribution in [3.63, 3.8) is 0 Å². The first-order valence-electron chi connectivity index (χ1n) is 9.57. The first kappa shape index (κ1) is 24.2. The maximum atomic E-state index is 12.6. The summed E-state index contributed by atoms with van der Waals surface area (Å²) in [6, 6.07) is 8.60. The maximum Gasteiger partial charge on any atom is 0.279 e. The Morgan fingerprint density at radius 3 is 1.85 bits per heavy atom. The predicted octanol–water partition coefficient (Wildman–Crippen LogP) is 3.27. The zero-order valence-electron chi connectivity index (χ0n) is 18.1. The third kappa shape index (κ3) is 5.29. The minimum absolute atomic E-state index is 0.0857. The fourth-order valence-electron chi connectivity index (χ4n) is 3.07. The molecule has 176 valence electrons. The van der Waals surface area contributed by atoms with E-state index in [2.05, 4.69) is 20.0 Å². The highest BCUT2D eigenvalue weighted by atomic mass is 32.2. The Morgan fingerprint density at radius 2 is 1.38 bits per heavy atom. The topological polar surface area (TPSA) is 187 Å². The van der Waals surface area contributed by atoms with E-state index >= 15 is 0 Å². The van der Waals surface area contributed by atoms with Crippen LogP contribution < -0.4 is 10.0 Å². The van der Waals surface area contributed by atoms with E-state index in [0.29, 0.717) is 11.4 Å². The van der Waals surface area contributed by atoms with Crippen LogP contribution in [-0.2, 0) is 10.0 Å². The molecule has 2 aromatic carbocycles. The van der Waals surface area contributed by atoms with Crippen LogP contribution in [0.25, 0.3) is 0 Å². The molecule has 0 unspecified atom stereocenters. The van der Waals surface area contributed by atoms with Gasteiger partial charge in [-0.05, 0) is 51.1 Å². The molecule has 2 N–H and O–H groups in total. The van der Waals surface area contributed by atoms with Crippen molar-refractivity contribution >= 4 is 38.9 Å². The number of nitro groups is 2. The Bertz CT molecular complexity index is 1370. The highest BCUT2D eigenvalue weighted by molar-refractivity contribution is 7.92. The van der Waals surface area contributed by atoms with E-state index in [1.54, 1.807) is 19.9 Å². The largest absolute Gasteiger partial charge is 0.322 e. The summed E-state index contributed by atoms with van der Waals surface area (Å²) in [6.07, 6.45) is 0. The van der Waals surface area contributed by atoms with Crippen molar-refractivity contribution in [3.05, 3.63) is 85.2 Å². The second-order valence-corrected chi connectivity index (χ2v) is 8.89. The summed E-state index contributed by atoms with van der Waals surface area (Å²) >= 11 is 0. The molecule has 0 aliphatic carbocycles. The molecule has 3 rings (SSSR count). The van der Waals surface area contributed by atoms with E-state index in [1.807, 2.05) is 0 Å². The fourth-order valence-corrected chi connectivity index (χ4v) is 4.01. The first-order valence-corrected chi connectivity index (χ1v) is 11.1. The van der Waals surface area contributed by atoms with E-state index in [0.717, 1.165) is 12.1 Å². The predicted molar refractivity (Wildman–Crippen MR) is 121 cm³/mol. The summed E-state index contributed by atoms with van der Waals surface area (Å²) in [6.45, 7) is 4.61. The number of nitro benzene ring substituents is 2. The molecule has 0 atom stereocenters. The van der Waals surface area contributed by atoms with Crippen LogP contribution in [0.1, 0.15) is 27.3 Å². The van der Waals surface area contributed by atoms with Crippen molar-refractivity contribution in [2.45, 2.75) is 25.7 Å². The summed E-state index contributed by atoms with van der Waals surface area (Å²) in [5.41, 5.74) is -0.283. The van der Waals surface area contributed by atoms with Gasteiger partial charge < -0.3 is 5.32 Å². The summed E-state index contributed by atoms with van der Waals surface area (Å²) in [7, 11) is -4.02. The van der Waals surface area contributed by atoms with Crippen LogP contribution in [0.15, 0.2) is 47.4 Å². The Labute approximate surface area is 193 Å². The van der Waals surface area contributed by atoms with Crippen molar-refractivity contribution in [1.82, 2.24) is 9.97 Å². The zero-order valence-corrected chi connectivity index (χ0v) is 18.9. The molecule has 1 aromatic heterocycles. The molecule has 1 amide bonds. The minimum atomic E-state index is -4.02. The van der Waals surface area contributed by atoms with Gasteiger partial charge in [0.25, 0.3) is 27.3 Å². The van der Waals surface area contributed by atoms with Crippen molar-refractivity contribution in [1.29, 1.82) is 0 Å². The summed E-state index contributed by atoms with van der Waals surface area (Å²) in [4.78, 5) is 41.3. The lowest BCUT2D eigenvalue weighted by Crippen LogP contribution is -2.16. The SMILES string of the molecule is Cc1cc(C)nc(NS(=O)(=O)c2ccc(NC(=O)c3cc([N+](=O)[O-])c(C)c([N+](=O)[O-])c3)cc2)n1. The molecule has 13 nitrogen and oxygen atoms in total. The third-order valence-electron chi connectivity index (χ3n) is 4.64. The number of hydrogen-bond acceptors (Lipinski definition) is 9. The van der Waals surface area contributed by atoms with Gasteiger partial charge in [-0.25, -0.2) is 23.1 Å². The lowest BCUT2D eigenvalue weighted by molar-refractivity contribution is -0.395. The highest BCUT2D eigenvalue weighted by Crippen LogP contribution is 2.30. The zero-order chi connectivity index (χ0) is 25.2. The fraction of sp³-hybridized carbons (Fsp3) is 0.150. The summed E-state index contributed by atoms with van der Waals surface area (Å²) < 4.78 is 27.5. The van der Waals surface area contributed by atoms with Gasteiger partial charge in [0, 0.05) is 29.2 Å². The Hall–Kier alpha value is -4.46. The Morgan fingerprint density at radius 1 is 0.882 bits per heavy atom. The summed E-state index contributed by atoms with van der Waals surface area (Å²) in [5, 5.41) is 24.8. The average molecular weight is 486 g/mol. The normalized spacial score (nSPS) is 11.0. The molecule has 1 heterocycles. The molecule has 0 radical (unpaired) electrons. The maximum absolute atomic E-state index is 12.6. The van der Waals surface area contributed by atoms with Gasteiger partial charge in [-0.2, -0.15) is 0 Å². The van der Waals surface area contributed by atoms with Gasteiger partial charge in [0.1, 0.15) is 5.56 Å². The quantitative estimate of drug-likeness (QED) is 0.373. The van der Waals surface area contributed by atoms with Crippen LogP contribution in [0.4, 0.5) is 23.0 Å². The third-order valence-corrected chi connectivity index (χ3v) is 5.98. The first-order chi connectivity index (χ1) is 15.9. The van der Waals surface area contributed by atoms with Crippen molar-refractivity contribution in [3.8, 4) is 0 Å². The molecular formula is C20H18N6O7S. The van der Waals surface area contributed by atoms with Gasteiger partial charge in [0.15, 0.2) is 0 Å². The number of rotatable bonds is 7. The number of anilines is 2. The minimum Gasteiger partial charge on any atom is -0.322 e. The van der Waals surface area contributed by atoms with E-state index < -0.39 is 37.2 Å². The second kappa shape index (κ2) is 9.19. The van der Waals surface area contributed by atoms with Gasteiger partial charge in [0.2, 0.25) is 5.95 Å². The number of carbonyl (C=O) groups is 1. The van der Waals surface area contributed by atoms with Crippen LogP contribution in [-0.4, -0.2) is 34.1 Å². The van der Waals surface area contributed by atoms with Crippen LogP contribution in [0.3, 0.4) is 0 Å². The molecule has 0 aliphatic heterocycles. The van der Waals surface area contributed by atoms with Crippen LogP contribution >= 0.6 is 0 Å². The smallest absolute Gasteiger partial charge is 0.279 e. The number of amides is 1. The number of hydrogen-bond donors (Lipinski definition) is 2. The van der Waals surface area contributed by atoms with Crippen molar-refractivity contribution in [2.75, 3.05) is 10.0 Å². The Balaban J connectivity index is 1.82. The molecule has 0 fully saturated rings. The van der Waals surface area contributed by atoms with Crippen LogP contribution in [0, 0.1) is 41.0 Å². The van der Waals surface area contributed by atoms with Gasteiger partial charge in [-0.1, -0.05) is 0 Å². The van der Waals surface area contributed by atoms with Crippen molar-refractivity contribution in [2.24, 2.45) is 0 Å². The lowest BCUT2D eigenvalue weighted by Gasteiger charge is -2.10. The standard InChI is InChI=1S/C20H18N6O7S/c1-11-8-12(2)22-20(21-11)24-34(32,33)16-6-4-15(5-7-16)23-19(27)14-9-17(25(28)29)13(3)18(10-14)26(30)31/h4-10H,1-3H3,(H,23,27)(H,21,22,24). The molecule has 0 saturated heterocycles. The number of sulfonamides is 1. The van der Waals surface area contributed by atoms with E-state index in [-0.39, 0.29) is 27.7 Å². The second-order valence-electron chi connectivity index (χ2n) is 7.21. The van der Waals surface area contributed by atoms with Gasteiger partial charge >= 0.3 is 0 Å². The highest BCUT2D eigenvalue weighted by Gasteiger charge is 2.25. The molecule has 0 aliphatic rings. The molecular weight excluding hydrogens is 468 g/mol. The van der Waals surface area contributed by atoms with Gasteiger partial charge in [0.05, 0.1) is 20.3 Å². The van der Waals surface area contributed by atoms with E-state index in [1.165, 1.54) is 31.2 Å². The molecule has 34 heavy (non-hydrogen) atoms. The number of nitrogens with one attached hydrogen (secondary N) is 2. The van der Waals surface area contributed by atoms with Crippen molar-refractivity contribution < 1.29 is 23.1 Å². The van der Waals surface area contributed by atoms with Crippen LogP contribution in [0.2, 0.25) is 0 Å². The lowest BCUT2D eigenvalue weighted by atomic mass is 10.1. The monoisotopic (exact) mass is 486 g/mol. The van der Waals surface area contributed by atoms with Crippen LogP contribution in [0.5, 0.6) is 0 Å². The number of aryl methyl sites for hydroxylation is 2. The number of nitrogens with zero attached hydrogens (tertiary/aromatic N) is 4. The number of aromatic nitrogens is 2. The molecule has 0 bridgehead atoms. The molecule has 3 aromatic rings. The number of benzene rings is 2.